The molecule has 0 aliphatic carbocycles. The fourth-order valence-electron chi connectivity index (χ4n) is 1.56. The maximum absolute atomic E-state index is 12.1. The number of pyridine rings is 1. The van der Waals surface area contributed by atoms with Crippen molar-refractivity contribution in [3.63, 3.8) is 0 Å². The van der Waals surface area contributed by atoms with Gasteiger partial charge < -0.3 is 5.32 Å². The van der Waals surface area contributed by atoms with Crippen molar-refractivity contribution in [2.24, 2.45) is 0 Å². The molecule has 0 fully saturated rings. The first-order chi connectivity index (χ1) is 9.77. The maximum atomic E-state index is 12.1. The number of nitrogens with one attached hydrogen (secondary N) is 1. The predicted octanol–water partition coefficient (Wildman–Crippen LogP) is 3.15. The minimum Gasteiger partial charge on any atom is -0.321 e. The first-order valence-corrected chi connectivity index (χ1v) is 8.76. The zero-order chi connectivity index (χ0) is 15.6. The van der Waals surface area contributed by atoms with Crippen LogP contribution in [0.1, 0.15) is 10.4 Å². The molecule has 21 heavy (non-hydrogen) atoms. The molecule has 0 saturated heterocycles. The van der Waals surface area contributed by atoms with Gasteiger partial charge in [-0.1, -0.05) is 17.7 Å². The van der Waals surface area contributed by atoms with Crippen molar-refractivity contribution >= 4 is 49.0 Å². The number of amides is 1. The van der Waals surface area contributed by atoms with Gasteiger partial charge in [-0.05, 0) is 40.2 Å². The molecule has 2 rings (SSSR count). The molecule has 2 aromatic rings. The van der Waals surface area contributed by atoms with Crippen LogP contribution in [0.3, 0.4) is 0 Å². The van der Waals surface area contributed by atoms with Crippen molar-refractivity contribution in [3.8, 4) is 0 Å². The molecule has 1 N–H and O–H groups in total. The molecule has 1 aromatic carbocycles. The molecule has 1 aromatic heterocycles. The minimum absolute atomic E-state index is 0.0885. The number of rotatable bonds is 3. The Bertz CT molecular complexity index is 809. The summed E-state index contributed by atoms with van der Waals surface area (Å²) in [6.45, 7) is 0. The molecule has 0 bridgehead atoms. The summed E-state index contributed by atoms with van der Waals surface area (Å²) in [4.78, 5) is 16.1. The van der Waals surface area contributed by atoms with E-state index in [1.807, 2.05) is 0 Å². The van der Waals surface area contributed by atoms with E-state index >= 15 is 0 Å². The summed E-state index contributed by atoms with van der Waals surface area (Å²) in [5.41, 5.74) is 0.685. The van der Waals surface area contributed by atoms with Gasteiger partial charge in [0.2, 0.25) is 0 Å². The van der Waals surface area contributed by atoms with Crippen LogP contribution in [-0.2, 0) is 9.84 Å². The van der Waals surface area contributed by atoms with E-state index in [4.69, 9.17) is 11.6 Å². The molecule has 0 atom stereocenters. The number of nitrogens with zero attached hydrogens (tertiary/aromatic N) is 1. The first kappa shape index (κ1) is 15.9. The van der Waals surface area contributed by atoms with E-state index in [-0.39, 0.29) is 15.6 Å². The quantitative estimate of drug-likeness (QED) is 0.818. The predicted molar refractivity (Wildman–Crippen MR) is 84.5 cm³/mol. The van der Waals surface area contributed by atoms with Crippen molar-refractivity contribution in [3.05, 3.63) is 51.7 Å². The Hall–Kier alpha value is -1.44. The number of aromatic nitrogens is 1. The smallest absolute Gasteiger partial charge is 0.255 e. The molecule has 110 valence electrons. The third-order valence-corrected chi connectivity index (χ3v) is 4.82. The Morgan fingerprint density at radius 2 is 2.05 bits per heavy atom. The van der Waals surface area contributed by atoms with E-state index in [1.165, 1.54) is 30.5 Å². The summed E-state index contributed by atoms with van der Waals surface area (Å²) in [5, 5.41) is 2.90. The highest BCUT2D eigenvalue weighted by molar-refractivity contribution is 9.10. The van der Waals surface area contributed by atoms with Gasteiger partial charge in [0.05, 0.1) is 21.3 Å². The third kappa shape index (κ3) is 4.03. The van der Waals surface area contributed by atoms with Gasteiger partial charge in [0, 0.05) is 11.8 Å². The van der Waals surface area contributed by atoms with Crippen LogP contribution in [0, 0.1) is 0 Å². The van der Waals surface area contributed by atoms with E-state index < -0.39 is 15.7 Å². The molecule has 0 radical (unpaired) electrons. The molecule has 0 aliphatic heterocycles. The summed E-state index contributed by atoms with van der Waals surface area (Å²) < 4.78 is 23.5. The summed E-state index contributed by atoms with van der Waals surface area (Å²) >= 11 is 8.97. The van der Waals surface area contributed by atoms with Crippen LogP contribution in [0.25, 0.3) is 0 Å². The lowest BCUT2D eigenvalue weighted by atomic mass is 10.2. The van der Waals surface area contributed by atoms with Gasteiger partial charge in [-0.2, -0.15) is 0 Å². The Labute approximate surface area is 135 Å². The second kappa shape index (κ2) is 6.13. The number of hydrogen-bond acceptors (Lipinski definition) is 4. The van der Waals surface area contributed by atoms with E-state index in [1.54, 1.807) is 6.07 Å². The van der Waals surface area contributed by atoms with Gasteiger partial charge in [-0.3, -0.25) is 4.79 Å². The monoisotopic (exact) mass is 388 g/mol. The SMILES string of the molecule is CS(=O)(=O)c1cccc(C(=O)Nc2cnc(Cl)c(Br)c2)c1. The zero-order valence-electron chi connectivity index (χ0n) is 10.8. The molecule has 0 aliphatic rings. The Morgan fingerprint density at radius 1 is 1.33 bits per heavy atom. The normalized spacial score (nSPS) is 11.2. The van der Waals surface area contributed by atoms with Crippen molar-refractivity contribution in [1.29, 1.82) is 0 Å². The van der Waals surface area contributed by atoms with E-state index in [2.05, 4.69) is 26.2 Å². The van der Waals surface area contributed by atoms with Gasteiger partial charge in [0.25, 0.3) is 5.91 Å². The second-order valence-electron chi connectivity index (χ2n) is 4.25. The molecule has 1 amide bonds. The van der Waals surface area contributed by atoms with Gasteiger partial charge >= 0.3 is 0 Å². The lowest BCUT2D eigenvalue weighted by Gasteiger charge is -2.07. The lowest BCUT2D eigenvalue weighted by molar-refractivity contribution is 0.102. The number of benzene rings is 1. The largest absolute Gasteiger partial charge is 0.321 e. The number of anilines is 1. The molecule has 8 heteroatoms. The van der Waals surface area contributed by atoms with Crippen LogP contribution in [0.4, 0.5) is 5.69 Å². The van der Waals surface area contributed by atoms with Crippen LogP contribution in [-0.4, -0.2) is 25.6 Å². The van der Waals surface area contributed by atoms with E-state index in [9.17, 15) is 13.2 Å². The number of carbonyl (C=O) groups is 1. The molecular weight excluding hydrogens is 380 g/mol. The average Bonchev–Trinajstić information content (AvgIpc) is 2.42. The minimum atomic E-state index is -3.36. The Morgan fingerprint density at radius 3 is 2.67 bits per heavy atom. The highest BCUT2D eigenvalue weighted by atomic mass is 79.9. The molecular formula is C13H10BrClN2O3S. The lowest BCUT2D eigenvalue weighted by Crippen LogP contribution is -2.13. The first-order valence-electron chi connectivity index (χ1n) is 5.70. The second-order valence-corrected chi connectivity index (χ2v) is 7.48. The molecule has 0 unspecified atom stereocenters. The van der Waals surface area contributed by atoms with E-state index in [0.717, 1.165) is 6.26 Å². The molecule has 0 saturated carbocycles. The van der Waals surface area contributed by atoms with Crippen molar-refractivity contribution < 1.29 is 13.2 Å². The maximum Gasteiger partial charge on any atom is 0.255 e. The summed E-state index contributed by atoms with van der Waals surface area (Å²) in [5.74, 6) is -0.434. The topological polar surface area (TPSA) is 76.1 Å². The number of halogens is 2. The van der Waals surface area contributed by atoms with Crippen molar-refractivity contribution in [1.82, 2.24) is 4.98 Å². The van der Waals surface area contributed by atoms with Crippen LogP contribution in [0.15, 0.2) is 45.9 Å². The number of carbonyl (C=O) groups excluding carboxylic acids is 1. The van der Waals surface area contributed by atoms with Gasteiger partial charge in [-0.25, -0.2) is 13.4 Å². The van der Waals surface area contributed by atoms with E-state index in [0.29, 0.717) is 10.2 Å². The number of hydrogen-bond donors (Lipinski definition) is 1. The molecule has 1 heterocycles. The van der Waals surface area contributed by atoms with Crippen molar-refractivity contribution in [2.75, 3.05) is 11.6 Å². The van der Waals surface area contributed by atoms with Crippen LogP contribution in [0.2, 0.25) is 5.15 Å². The summed E-state index contributed by atoms with van der Waals surface area (Å²) in [6, 6.07) is 7.41. The third-order valence-electron chi connectivity index (χ3n) is 2.58. The van der Waals surface area contributed by atoms with Gasteiger partial charge in [0.15, 0.2) is 9.84 Å². The molecule has 5 nitrogen and oxygen atoms in total. The highest BCUT2D eigenvalue weighted by Gasteiger charge is 2.12. The summed E-state index contributed by atoms with van der Waals surface area (Å²) in [7, 11) is -3.36. The Kier molecular flexibility index (Phi) is 4.65. The zero-order valence-corrected chi connectivity index (χ0v) is 14.0. The summed E-state index contributed by atoms with van der Waals surface area (Å²) in [6.07, 6.45) is 2.50. The van der Waals surface area contributed by atoms with Crippen molar-refractivity contribution in [2.45, 2.75) is 4.90 Å². The van der Waals surface area contributed by atoms with Gasteiger partial charge in [-0.15, -0.1) is 0 Å². The number of sulfone groups is 1. The fourth-order valence-corrected chi connectivity index (χ4v) is 2.68. The average molecular weight is 390 g/mol. The van der Waals surface area contributed by atoms with Crippen LogP contribution < -0.4 is 5.32 Å². The van der Waals surface area contributed by atoms with Gasteiger partial charge in [0.1, 0.15) is 5.15 Å². The Balaban J connectivity index is 2.26. The van der Waals surface area contributed by atoms with Crippen LogP contribution >= 0.6 is 27.5 Å². The standard InChI is InChI=1S/C13H10BrClN2O3S/c1-21(19,20)10-4-2-3-8(5-10)13(18)17-9-6-11(14)12(15)16-7-9/h2-7H,1H3,(H,17,18). The molecule has 0 spiro atoms. The fraction of sp³-hybridized carbons (Fsp3) is 0.0769. The van der Waals surface area contributed by atoms with Crippen LogP contribution in [0.5, 0.6) is 0 Å². The highest BCUT2D eigenvalue weighted by Crippen LogP contribution is 2.23.